The number of hydrogen-bond acceptors (Lipinski definition) is 3. The van der Waals surface area contributed by atoms with Crippen LogP contribution in [0.15, 0.2) is 42.5 Å². The van der Waals surface area contributed by atoms with Crippen LogP contribution in [0.1, 0.15) is 18.4 Å². The molecule has 1 fully saturated rings. The lowest BCUT2D eigenvalue weighted by Crippen LogP contribution is -2.38. The number of nitrogens with one attached hydrogen (secondary N) is 4. The van der Waals surface area contributed by atoms with Crippen molar-refractivity contribution < 1.29 is 9.59 Å². The van der Waals surface area contributed by atoms with E-state index in [2.05, 4.69) is 21.5 Å². The Morgan fingerprint density at radius 2 is 1.77 bits per heavy atom. The van der Waals surface area contributed by atoms with Gasteiger partial charge in [0.2, 0.25) is 5.91 Å². The maximum absolute atomic E-state index is 11.9. The molecule has 6 nitrogen and oxygen atoms in total. The smallest absolute Gasteiger partial charge is 0.333 e. The van der Waals surface area contributed by atoms with Crippen LogP contribution in [-0.2, 0) is 11.3 Å². The zero-order valence-corrected chi connectivity index (χ0v) is 15.3. The Labute approximate surface area is 161 Å². The van der Waals surface area contributed by atoms with Gasteiger partial charge in [0.25, 0.3) is 0 Å². The van der Waals surface area contributed by atoms with E-state index in [1.165, 1.54) is 0 Å². The molecule has 8 heteroatoms. The van der Waals surface area contributed by atoms with Crippen LogP contribution >= 0.6 is 23.2 Å². The summed E-state index contributed by atoms with van der Waals surface area (Å²) >= 11 is 11.8. The average molecular weight is 393 g/mol. The van der Waals surface area contributed by atoms with Crippen LogP contribution in [0.25, 0.3) is 0 Å². The van der Waals surface area contributed by atoms with Crippen LogP contribution in [0, 0.1) is 5.92 Å². The van der Waals surface area contributed by atoms with Crippen molar-refractivity contribution in [1.29, 1.82) is 0 Å². The molecule has 0 unspecified atom stereocenters. The lowest BCUT2D eigenvalue weighted by atomic mass is 10.2. The van der Waals surface area contributed by atoms with Gasteiger partial charge >= 0.3 is 6.03 Å². The third kappa shape index (κ3) is 5.28. The number of rotatable bonds is 6. The summed E-state index contributed by atoms with van der Waals surface area (Å²) in [6.45, 7) is 0.346. The second-order valence-corrected chi connectivity index (χ2v) is 6.86. The van der Waals surface area contributed by atoms with E-state index < -0.39 is 6.03 Å². The summed E-state index contributed by atoms with van der Waals surface area (Å²) in [6.07, 6.45) is 1.94. The predicted molar refractivity (Wildman–Crippen MR) is 103 cm³/mol. The molecule has 0 aromatic heterocycles. The SMILES string of the molecule is O=C(NCc1ccc(NC(=O)C2CC2)cc1)NNc1ccc(Cl)cc1Cl. The number of halogens is 2. The van der Waals surface area contributed by atoms with Gasteiger partial charge in [0, 0.05) is 23.2 Å². The summed E-state index contributed by atoms with van der Waals surface area (Å²) in [5, 5.41) is 6.51. The number of amides is 3. The first kappa shape index (κ1) is 18.4. The van der Waals surface area contributed by atoms with E-state index >= 15 is 0 Å². The normalized spacial score (nSPS) is 13.0. The second-order valence-electron chi connectivity index (χ2n) is 6.02. The molecule has 4 N–H and O–H groups in total. The Morgan fingerprint density at radius 1 is 1.04 bits per heavy atom. The van der Waals surface area contributed by atoms with Crippen LogP contribution in [0.2, 0.25) is 10.0 Å². The van der Waals surface area contributed by atoms with Gasteiger partial charge in [-0.1, -0.05) is 35.3 Å². The first-order chi connectivity index (χ1) is 12.5. The summed E-state index contributed by atoms with van der Waals surface area (Å²) in [6, 6.07) is 11.9. The largest absolute Gasteiger partial charge is 0.333 e. The molecule has 0 bridgehead atoms. The molecule has 0 heterocycles. The van der Waals surface area contributed by atoms with Crippen molar-refractivity contribution in [3.8, 4) is 0 Å². The number of carbonyl (C=O) groups is 2. The standard InChI is InChI=1S/C18H18Cl2N4O2/c19-13-5-8-16(15(20)9-13)23-24-18(26)21-10-11-1-6-14(7-2-11)22-17(25)12-3-4-12/h1-2,5-9,12,23H,3-4,10H2,(H,22,25)(H2,21,24,26). The van der Waals surface area contributed by atoms with Crippen molar-refractivity contribution in [3.63, 3.8) is 0 Å². The Morgan fingerprint density at radius 3 is 2.42 bits per heavy atom. The monoisotopic (exact) mass is 392 g/mol. The van der Waals surface area contributed by atoms with E-state index in [9.17, 15) is 9.59 Å². The van der Waals surface area contributed by atoms with E-state index in [0.29, 0.717) is 22.3 Å². The average Bonchev–Trinajstić information content (AvgIpc) is 3.45. The maximum atomic E-state index is 11.9. The first-order valence-electron chi connectivity index (χ1n) is 8.16. The minimum Gasteiger partial charge on any atom is -0.333 e. The highest BCUT2D eigenvalue weighted by Gasteiger charge is 2.29. The van der Waals surface area contributed by atoms with Gasteiger partial charge in [-0.05, 0) is 48.7 Å². The molecular formula is C18H18Cl2N4O2. The van der Waals surface area contributed by atoms with Gasteiger partial charge in [0.15, 0.2) is 0 Å². The van der Waals surface area contributed by atoms with E-state index in [-0.39, 0.29) is 11.8 Å². The number of carbonyl (C=O) groups excluding carboxylic acids is 2. The van der Waals surface area contributed by atoms with E-state index in [1.807, 2.05) is 24.3 Å². The summed E-state index contributed by atoms with van der Waals surface area (Å²) in [7, 11) is 0. The zero-order valence-electron chi connectivity index (χ0n) is 13.8. The van der Waals surface area contributed by atoms with Crippen molar-refractivity contribution >= 4 is 46.5 Å². The fraction of sp³-hybridized carbons (Fsp3) is 0.222. The third-order valence-corrected chi connectivity index (χ3v) is 4.41. The van der Waals surface area contributed by atoms with Gasteiger partial charge in [-0.25, -0.2) is 4.79 Å². The molecule has 0 saturated heterocycles. The molecule has 0 spiro atoms. The molecule has 1 aliphatic carbocycles. The van der Waals surface area contributed by atoms with Gasteiger partial charge in [-0.2, -0.15) is 0 Å². The molecule has 0 radical (unpaired) electrons. The van der Waals surface area contributed by atoms with Crippen LogP contribution in [0.5, 0.6) is 0 Å². The van der Waals surface area contributed by atoms with Crippen LogP contribution in [-0.4, -0.2) is 11.9 Å². The van der Waals surface area contributed by atoms with Crippen molar-refractivity contribution in [2.75, 3.05) is 10.7 Å². The highest BCUT2D eigenvalue weighted by Crippen LogP contribution is 2.30. The first-order valence-corrected chi connectivity index (χ1v) is 8.91. The fourth-order valence-electron chi connectivity index (χ4n) is 2.24. The number of anilines is 2. The topological polar surface area (TPSA) is 82.3 Å². The van der Waals surface area contributed by atoms with Gasteiger partial charge in [0.05, 0.1) is 10.7 Å². The molecule has 3 rings (SSSR count). The minimum absolute atomic E-state index is 0.0715. The molecule has 1 saturated carbocycles. The molecule has 0 aliphatic heterocycles. The summed E-state index contributed by atoms with van der Waals surface area (Å²) in [5.41, 5.74) is 7.44. The summed E-state index contributed by atoms with van der Waals surface area (Å²) in [4.78, 5) is 23.6. The minimum atomic E-state index is -0.401. The van der Waals surface area contributed by atoms with Gasteiger partial charge < -0.3 is 10.6 Å². The molecule has 26 heavy (non-hydrogen) atoms. The van der Waals surface area contributed by atoms with E-state index in [4.69, 9.17) is 23.2 Å². The number of urea groups is 1. The predicted octanol–water partition coefficient (Wildman–Crippen LogP) is 4.17. The van der Waals surface area contributed by atoms with Crippen molar-refractivity contribution in [2.45, 2.75) is 19.4 Å². The number of benzene rings is 2. The Bertz CT molecular complexity index is 807. The quantitative estimate of drug-likeness (QED) is 0.556. The highest BCUT2D eigenvalue weighted by molar-refractivity contribution is 6.36. The Hall–Kier alpha value is -2.44. The van der Waals surface area contributed by atoms with E-state index in [1.54, 1.807) is 18.2 Å². The fourth-order valence-corrected chi connectivity index (χ4v) is 2.69. The molecular weight excluding hydrogens is 375 g/mol. The van der Waals surface area contributed by atoms with Crippen LogP contribution < -0.4 is 21.5 Å². The third-order valence-electron chi connectivity index (χ3n) is 3.86. The zero-order chi connectivity index (χ0) is 18.5. The maximum Gasteiger partial charge on any atom is 0.333 e. The van der Waals surface area contributed by atoms with Crippen LogP contribution in [0.4, 0.5) is 16.2 Å². The second kappa shape index (κ2) is 8.29. The summed E-state index contributed by atoms with van der Waals surface area (Å²) < 4.78 is 0. The molecule has 2 aromatic carbocycles. The van der Waals surface area contributed by atoms with Gasteiger partial charge in [0.1, 0.15) is 0 Å². The van der Waals surface area contributed by atoms with Crippen molar-refractivity contribution in [2.24, 2.45) is 5.92 Å². The number of hydrogen-bond donors (Lipinski definition) is 4. The van der Waals surface area contributed by atoms with E-state index in [0.717, 1.165) is 24.1 Å². The van der Waals surface area contributed by atoms with Gasteiger partial charge in [-0.15, -0.1) is 0 Å². The lowest BCUT2D eigenvalue weighted by Gasteiger charge is -2.11. The molecule has 136 valence electrons. The summed E-state index contributed by atoms with van der Waals surface area (Å²) in [5.74, 6) is 0.240. The van der Waals surface area contributed by atoms with Crippen molar-refractivity contribution in [3.05, 3.63) is 58.1 Å². The lowest BCUT2D eigenvalue weighted by molar-refractivity contribution is -0.117. The molecule has 3 amide bonds. The number of hydrazine groups is 1. The Balaban J connectivity index is 1.42. The van der Waals surface area contributed by atoms with Gasteiger partial charge in [-0.3, -0.25) is 15.6 Å². The Kier molecular flexibility index (Phi) is 5.85. The highest BCUT2D eigenvalue weighted by atomic mass is 35.5. The van der Waals surface area contributed by atoms with Crippen LogP contribution in [0.3, 0.4) is 0 Å². The van der Waals surface area contributed by atoms with Crippen molar-refractivity contribution in [1.82, 2.24) is 10.7 Å². The molecule has 1 aliphatic rings. The molecule has 0 atom stereocenters. The molecule has 2 aromatic rings.